The van der Waals surface area contributed by atoms with Crippen LogP contribution in [0, 0.1) is 11.8 Å². The van der Waals surface area contributed by atoms with Crippen LogP contribution in [0.4, 0.5) is 5.95 Å². The van der Waals surface area contributed by atoms with Crippen molar-refractivity contribution < 1.29 is 9.90 Å². The molecule has 1 aromatic rings. The molecule has 0 bridgehead atoms. The van der Waals surface area contributed by atoms with E-state index in [1.807, 2.05) is 29.6 Å². The molecule has 82 valence electrons. The fourth-order valence-electron chi connectivity index (χ4n) is 2.11. The highest BCUT2D eigenvalue weighted by Gasteiger charge is 2.35. The van der Waals surface area contributed by atoms with Crippen molar-refractivity contribution in [2.45, 2.75) is 6.92 Å². The quantitative estimate of drug-likeness (QED) is 0.774. The van der Waals surface area contributed by atoms with Gasteiger partial charge in [-0.05, 0) is 5.92 Å². The van der Waals surface area contributed by atoms with Crippen LogP contribution >= 0.6 is 0 Å². The van der Waals surface area contributed by atoms with Gasteiger partial charge < -0.3 is 14.6 Å². The summed E-state index contributed by atoms with van der Waals surface area (Å²) in [7, 11) is 1.92. The summed E-state index contributed by atoms with van der Waals surface area (Å²) in [5.74, 6) is 0.0470. The number of anilines is 1. The molecule has 1 aliphatic rings. The van der Waals surface area contributed by atoms with Gasteiger partial charge in [0.15, 0.2) is 0 Å². The number of aromatic nitrogens is 2. The first-order chi connectivity index (χ1) is 7.09. The van der Waals surface area contributed by atoms with Gasteiger partial charge in [0, 0.05) is 32.5 Å². The maximum absolute atomic E-state index is 11.0. The lowest BCUT2D eigenvalue weighted by Gasteiger charge is -2.16. The van der Waals surface area contributed by atoms with E-state index in [0.29, 0.717) is 6.54 Å². The second-order valence-corrected chi connectivity index (χ2v) is 4.17. The molecule has 1 saturated heterocycles. The molecule has 5 heteroatoms. The van der Waals surface area contributed by atoms with Crippen molar-refractivity contribution in [2.75, 3.05) is 18.0 Å². The van der Waals surface area contributed by atoms with Gasteiger partial charge in [0.1, 0.15) is 0 Å². The zero-order chi connectivity index (χ0) is 11.0. The highest BCUT2D eigenvalue weighted by atomic mass is 16.4. The third kappa shape index (κ3) is 1.69. The van der Waals surface area contributed by atoms with Crippen molar-refractivity contribution in [1.29, 1.82) is 0 Å². The lowest BCUT2D eigenvalue weighted by Crippen LogP contribution is -2.25. The van der Waals surface area contributed by atoms with Crippen LogP contribution in [0.15, 0.2) is 12.4 Å². The molecule has 0 radical (unpaired) electrons. The molecule has 15 heavy (non-hydrogen) atoms. The number of hydrogen-bond acceptors (Lipinski definition) is 3. The molecule has 1 aliphatic heterocycles. The molecule has 1 N–H and O–H groups in total. The minimum Gasteiger partial charge on any atom is -0.481 e. The van der Waals surface area contributed by atoms with Crippen molar-refractivity contribution in [3.8, 4) is 0 Å². The van der Waals surface area contributed by atoms with Crippen LogP contribution in [-0.4, -0.2) is 33.7 Å². The fraction of sp³-hybridized carbons (Fsp3) is 0.600. The van der Waals surface area contributed by atoms with Crippen LogP contribution < -0.4 is 4.90 Å². The summed E-state index contributed by atoms with van der Waals surface area (Å²) < 4.78 is 1.91. The zero-order valence-electron chi connectivity index (χ0n) is 8.92. The molecule has 0 amide bonds. The lowest BCUT2D eigenvalue weighted by molar-refractivity contribution is -0.142. The Hall–Kier alpha value is -1.52. The summed E-state index contributed by atoms with van der Waals surface area (Å²) in [6.07, 6.45) is 3.60. The van der Waals surface area contributed by atoms with E-state index in [4.69, 9.17) is 5.11 Å². The fourth-order valence-corrected chi connectivity index (χ4v) is 2.11. The Morgan fingerprint density at radius 1 is 1.60 bits per heavy atom. The van der Waals surface area contributed by atoms with E-state index in [0.717, 1.165) is 12.5 Å². The highest BCUT2D eigenvalue weighted by Crippen LogP contribution is 2.26. The van der Waals surface area contributed by atoms with E-state index in [2.05, 4.69) is 4.98 Å². The van der Waals surface area contributed by atoms with Crippen molar-refractivity contribution >= 4 is 11.9 Å². The molecule has 0 aliphatic carbocycles. The summed E-state index contributed by atoms with van der Waals surface area (Å²) >= 11 is 0. The number of nitrogens with zero attached hydrogens (tertiary/aromatic N) is 3. The number of carbonyl (C=O) groups is 1. The van der Waals surface area contributed by atoms with Crippen LogP contribution in [0.3, 0.4) is 0 Å². The molecule has 1 aromatic heterocycles. The van der Waals surface area contributed by atoms with Crippen molar-refractivity contribution in [2.24, 2.45) is 18.9 Å². The average Bonchev–Trinajstić information content (AvgIpc) is 2.71. The van der Waals surface area contributed by atoms with Crippen LogP contribution in [0.1, 0.15) is 6.92 Å². The van der Waals surface area contributed by atoms with E-state index in [-0.39, 0.29) is 11.8 Å². The Kier molecular flexibility index (Phi) is 2.38. The maximum Gasteiger partial charge on any atom is 0.308 e. The smallest absolute Gasteiger partial charge is 0.308 e. The van der Waals surface area contributed by atoms with Crippen molar-refractivity contribution in [1.82, 2.24) is 9.55 Å². The number of carboxylic acids is 1. The minimum atomic E-state index is -0.709. The van der Waals surface area contributed by atoms with E-state index >= 15 is 0 Å². The summed E-state index contributed by atoms with van der Waals surface area (Å²) in [6.45, 7) is 3.30. The first kappa shape index (κ1) is 10.0. The number of imidazole rings is 1. The summed E-state index contributed by atoms with van der Waals surface area (Å²) in [4.78, 5) is 17.2. The Morgan fingerprint density at radius 2 is 2.33 bits per heavy atom. The third-order valence-corrected chi connectivity index (χ3v) is 3.01. The van der Waals surface area contributed by atoms with Gasteiger partial charge in [0.25, 0.3) is 0 Å². The van der Waals surface area contributed by atoms with E-state index in [9.17, 15) is 4.79 Å². The van der Waals surface area contributed by atoms with Gasteiger partial charge in [0.05, 0.1) is 5.92 Å². The van der Waals surface area contributed by atoms with Crippen molar-refractivity contribution in [3.05, 3.63) is 12.4 Å². The molecular formula is C10H15N3O2. The topological polar surface area (TPSA) is 58.4 Å². The Morgan fingerprint density at radius 3 is 2.80 bits per heavy atom. The molecule has 0 saturated carbocycles. The maximum atomic E-state index is 11.0. The minimum absolute atomic E-state index is 0.180. The molecule has 0 unspecified atom stereocenters. The SMILES string of the molecule is C[C@@H]1CN(c2nccn2C)C[C@H]1C(=O)O. The monoisotopic (exact) mass is 209 g/mol. The number of carboxylic acid groups (broad SMARTS) is 1. The normalized spacial score (nSPS) is 25.9. The third-order valence-electron chi connectivity index (χ3n) is 3.01. The Bertz CT molecular complexity index is 374. The van der Waals surface area contributed by atoms with Crippen molar-refractivity contribution in [3.63, 3.8) is 0 Å². The lowest BCUT2D eigenvalue weighted by atomic mass is 9.99. The summed E-state index contributed by atoms with van der Waals surface area (Å²) in [6, 6.07) is 0. The first-order valence-electron chi connectivity index (χ1n) is 5.04. The molecule has 0 spiro atoms. The predicted octanol–water partition coefficient (Wildman–Crippen LogP) is 0.577. The number of aryl methyl sites for hydroxylation is 1. The molecule has 1 fully saturated rings. The second-order valence-electron chi connectivity index (χ2n) is 4.17. The highest BCUT2D eigenvalue weighted by molar-refractivity contribution is 5.72. The zero-order valence-corrected chi connectivity index (χ0v) is 8.92. The predicted molar refractivity (Wildman–Crippen MR) is 55.7 cm³/mol. The Labute approximate surface area is 88.3 Å². The first-order valence-corrected chi connectivity index (χ1v) is 5.04. The molecular weight excluding hydrogens is 194 g/mol. The molecule has 2 atom stereocenters. The summed E-state index contributed by atoms with van der Waals surface area (Å²) in [5, 5.41) is 9.01. The van der Waals surface area contributed by atoms with Crippen LogP contribution in [-0.2, 0) is 11.8 Å². The van der Waals surface area contributed by atoms with Gasteiger partial charge in [-0.3, -0.25) is 4.79 Å². The molecule has 5 nitrogen and oxygen atoms in total. The Balaban J connectivity index is 2.16. The standard InChI is InChI=1S/C10H15N3O2/c1-7-5-13(6-8(7)9(14)15)10-11-3-4-12(10)2/h3-4,7-8H,5-6H2,1-2H3,(H,14,15)/t7-,8-/m1/s1. The van der Waals surface area contributed by atoms with Gasteiger partial charge in [-0.25, -0.2) is 4.98 Å². The van der Waals surface area contributed by atoms with Crippen LogP contribution in [0.5, 0.6) is 0 Å². The number of hydrogen-bond donors (Lipinski definition) is 1. The van der Waals surface area contributed by atoms with E-state index in [1.165, 1.54) is 0 Å². The van der Waals surface area contributed by atoms with Gasteiger partial charge in [-0.2, -0.15) is 0 Å². The van der Waals surface area contributed by atoms with Crippen LogP contribution in [0.2, 0.25) is 0 Å². The second kappa shape index (κ2) is 3.56. The molecule has 2 rings (SSSR count). The van der Waals surface area contributed by atoms with Gasteiger partial charge in [-0.15, -0.1) is 0 Å². The molecule has 2 heterocycles. The largest absolute Gasteiger partial charge is 0.481 e. The molecule has 0 aromatic carbocycles. The van der Waals surface area contributed by atoms with Crippen LogP contribution in [0.25, 0.3) is 0 Å². The van der Waals surface area contributed by atoms with E-state index in [1.54, 1.807) is 6.20 Å². The van der Waals surface area contributed by atoms with E-state index < -0.39 is 5.97 Å². The summed E-state index contributed by atoms with van der Waals surface area (Å²) in [5.41, 5.74) is 0. The number of rotatable bonds is 2. The number of aliphatic carboxylic acids is 1. The average molecular weight is 209 g/mol. The van der Waals surface area contributed by atoms with Gasteiger partial charge in [0.2, 0.25) is 5.95 Å². The van der Waals surface area contributed by atoms with Gasteiger partial charge in [-0.1, -0.05) is 6.92 Å². The van der Waals surface area contributed by atoms with Gasteiger partial charge >= 0.3 is 5.97 Å².